The van der Waals surface area contributed by atoms with Crippen LogP contribution in [0, 0.1) is 12.7 Å². The van der Waals surface area contributed by atoms with E-state index in [1.165, 1.54) is 12.1 Å². The van der Waals surface area contributed by atoms with E-state index in [1.54, 1.807) is 6.92 Å². The van der Waals surface area contributed by atoms with Gasteiger partial charge in [0.05, 0.1) is 5.70 Å². The summed E-state index contributed by atoms with van der Waals surface area (Å²) in [5.41, 5.74) is 3.74. The van der Waals surface area contributed by atoms with Gasteiger partial charge in [-0.05, 0) is 37.1 Å². The van der Waals surface area contributed by atoms with Gasteiger partial charge >= 0.3 is 0 Å². The molecule has 0 atom stereocenters. The smallest absolute Gasteiger partial charge is 0.192 e. The van der Waals surface area contributed by atoms with Gasteiger partial charge in [0.25, 0.3) is 0 Å². The first-order valence-electron chi connectivity index (χ1n) is 5.44. The number of Topliss-reactive ketones (excluding diaryl/α,β-unsaturated/α-hetero) is 1. The Morgan fingerprint density at radius 3 is 2.59 bits per heavy atom. The summed E-state index contributed by atoms with van der Waals surface area (Å²) in [6.45, 7) is 7.78. The Bertz CT molecular complexity index is 523. The van der Waals surface area contributed by atoms with Crippen LogP contribution >= 0.6 is 0 Å². The molecule has 1 aromatic carbocycles. The van der Waals surface area contributed by atoms with Gasteiger partial charge in [-0.2, -0.15) is 0 Å². The van der Waals surface area contributed by atoms with Gasteiger partial charge in [0.15, 0.2) is 5.78 Å². The number of carbonyl (C=O) groups is 1. The Labute approximate surface area is 99.8 Å². The number of allylic oxidation sites excluding steroid dienone is 2. The van der Waals surface area contributed by atoms with Crippen molar-refractivity contribution in [3.05, 3.63) is 58.6 Å². The fourth-order valence-corrected chi connectivity index (χ4v) is 1.96. The highest BCUT2D eigenvalue weighted by Gasteiger charge is 2.27. The number of carbonyl (C=O) groups excluding carboxylic acids is 1. The number of hydrogen-bond acceptors (Lipinski definition) is 2. The second-order valence-electron chi connectivity index (χ2n) is 4.30. The number of aryl methyl sites for hydroxylation is 1. The Balaban J connectivity index is 2.09. The highest BCUT2D eigenvalue weighted by Crippen LogP contribution is 2.26. The van der Waals surface area contributed by atoms with Crippen LogP contribution in [0.15, 0.2) is 41.6 Å². The lowest BCUT2D eigenvalue weighted by Gasteiger charge is -2.23. The molecule has 3 heteroatoms. The zero-order valence-electron chi connectivity index (χ0n) is 9.93. The van der Waals surface area contributed by atoms with Crippen molar-refractivity contribution < 1.29 is 9.18 Å². The quantitative estimate of drug-likeness (QED) is 0.810. The molecular weight excluding hydrogens is 217 g/mol. The molecule has 0 spiro atoms. The van der Waals surface area contributed by atoms with Crippen molar-refractivity contribution in [2.75, 3.05) is 0 Å². The molecule has 0 unspecified atom stereocenters. The Kier molecular flexibility index (Phi) is 2.84. The number of ketones is 1. The lowest BCUT2D eigenvalue weighted by molar-refractivity contribution is -0.113. The molecule has 0 aliphatic heterocycles. The SMILES string of the molecule is C=C1C(=O)C(C)=C1NCc1cc(C)cc(F)c1. The van der Waals surface area contributed by atoms with Gasteiger partial charge in [0.2, 0.25) is 0 Å². The van der Waals surface area contributed by atoms with E-state index in [1.807, 2.05) is 13.0 Å². The average Bonchev–Trinajstić information content (AvgIpc) is 2.27. The van der Waals surface area contributed by atoms with Crippen LogP contribution in [0.2, 0.25) is 0 Å². The summed E-state index contributed by atoms with van der Waals surface area (Å²) >= 11 is 0. The van der Waals surface area contributed by atoms with Crippen molar-refractivity contribution >= 4 is 5.78 Å². The Hall–Kier alpha value is -1.90. The molecule has 0 heterocycles. The van der Waals surface area contributed by atoms with Gasteiger partial charge in [0, 0.05) is 17.7 Å². The van der Waals surface area contributed by atoms with Crippen LogP contribution in [0.1, 0.15) is 18.1 Å². The van der Waals surface area contributed by atoms with Crippen LogP contribution in [0.25, 0.3) is 0 Å². The van der Waals surface area contributed by atoms with E-state index in [4.69, 9.17) is 0 Å². The summed E-state index contributed by atoms with van der Waals surface area (Å²) in [6, 6.07) is 4.88. The maximum Gasteiger partial charge on any atom is 0.192 e. The molecule has 1 N–H and O–H groups in total. The molecule has 2 rings (SSSR count). The summed E-state index contributed by atoms with van der Waals surface area (Å²) in [4.78, 5) is 11.2. The summed E-state index contributed by atoms with van der Waals surface area (Å²) in [6.07, 6.45) is 0. The number of benzene rings is 1. The molecule has 0 amide bonds. The molecule has 0 bridgehead atoms. The normalized spacial score (nSPS) is 15.0. The van der Waals surface area contributed by atoms with Crippen LogP contribution in [-0.4, -0.2) is 5.78 Å². The first-order valence-corrected chi connectivity index (χ1v) is 5.44. The second-order valence-corrected chi connectivity index (χ2v) is 4.30. The fraction of sp³-hybridized carbons (Fsp3) is 0.214. The standard InChI is InChI=1S/C14H14FNO/c1-8-4-11(6-12(15)5-8)7-16-13-9(2)14(17)10(13)3/h4-6,16H,2,7H2,1,3H3. The molecule has 0 saturated heterocycles. The molecular formula is C14H14FNO. The predicted octanol–water partition coefficient (Wildman–Crippen LogP) is 2.64. The first kappa shape index (κ1) is 11.6. The van der Waals surface area contributed by atoms with Crippen molar-refractivity contribution in [3.63, 3.8) is 0 Å². The first-order chi connectivity index (χ1) is 7.99. The molecule has 0 fully saturated rings. The topological polar surface area (TPSA) is 29.1 Å². The summed E-state index contributed by atoms with van der Waals surface area (Å²) in [7, 11) is 0. The van der Waals surface area contributed by atoms with Gasteiger partial charge in [-0.25, -0.2) is 4.39 Å². The monoisotopic (exact) mass is 231 g/mol. The molecule has 0 saturated carbocycles. The third kappa shape index (κ3) is 2.13. The van der Waals surface area contributed by atoms with E-state index in [-0.39, 0.29) is 11.6 Å². The van der Waals surface area contributed by atoms with E-state index in [0.717, 1.165) is 16.8 Å². The van der Waals surface area contributed by atoms with Crippen molar-refractivity contribution in [3.8, 4) is 0 Å². The van der Waals surface area contributed by atoms with Crippen molar-refractivity contribution in [1.29, 1.82) is 0 Å². The number of rotatable bonds is 3. The van der Waals surface area contributed by atoms with Gasteiger partial charge in [0.1, 0.15) is 5.82 Å². The van der Waals surface area contributed by atoms with E-state index in [2.05, 4.69) is 11.9 Å². The molecule has 88 valence electrons. The fourth-order valence-electron chi connectivity index (χ4n) is 1.96. The highest BCUT2D eigenvalue weighted by atomic mass is 19.1. The Morgan fingerprint density at radius 1 is 1.29 bits per heavy atom. The Morgan fingerprint density at radius 2 is 2.00 bits per heavy atom. The van der Waals surface area contributed by atoms with Crippen LogP contribution in [0.3, 0.4) is 0 Å². The zero-order valence-corrected chi connectivity index (χ0v) is 9.93. The van der Waals surface area contributed by atoms with E-state index in [9.17, 15) is 9.18 Å². The van der Waals surface area contributed by atoms with Crippen LogP contribution in [-0.2, 0) is 11.3 Å². The summed E-state index contributed by atoms with van der Waals surface area (Å²) in [5, 5.41) is 3.11. The predicted molar refractivity (Wildman–Crippen MR) is 64.8 cm³/mol. The molecule has 1 aliphatic carbocycles. The van der Waals surface area contributed by atoms with Crippen LogP contribution in [0.4, 0.5) is 4.39 Å². The van der Waals surface area contributed by atoms with E-state index >= 15 is 0 Å². The zero-order chi connectivity index (χ0) is 12.6. The minimum Gasteiger partial charge on any atom is -0.380 e. The maximum atomic E-state index is 13.2. The van der Waals surface area contributed by atoms with Crippen molar-refractivity contribution in [1.82, 2.24) is 5.32 Å². The largest absolute Gasteiger partial charge is 0.380 e. The van der Waals surface area contributed by atoms with Crippen LogP contribution < -0.4 is 5.32 Å². The number of halogens is 1. The third-order valence-corrected chi connectivity index (χ3v) is 2.86. The van der Waals surface area contributed by atoms with Gasteiger partial charge in [-0.3, -0.25) is 4.79 Å². The van der Waals surface area contributed by atoms with Crippen molar-refractivity contribution in [2.24, 2.45) is 0 Å². The van der Waals surface area contributed by atoms with Crippen LogP contribution in [0.5, 0.6) is 0 Å². The van der Waals surface area contributed by atoms with Crippen molar-refractivity contribution in [2.45, 2.75) is 20.4 Å². The highest BCUT2D eigenvalue weighted by molar-refractivity contribution is 6.18. The lowest BCUT2D eigenvalue weighted by atomic mass is 9.89. The lowest BCUT2D eigenvalue weighted by Crippen LogP contribution is -2.29. The molecule has 17 heavy (non-hydrogen) atoms. The van der Waals surface area contributed by atoms with E-state index in [0.29, 0.717) is 17.7 Å². The molecule has 0 radical (unpaired) electrons. The third-order valence-electron chi connectivity index (χ3n) is 2.86. The summed E-state index contributed by atoms with van der Waals surface area (Å²) < 4.78 is 13.2. The number of hydrogen-bond donors (Lipinski definition) is 1. The average molecular weight is 231 g/mol. The number of nitrogens with one attached hydrogen (secondary N) is 1. The molecule has 0 aromatic heterocycles. The molecule has 2 nitrogen and oxygen atoms in total. The van der Waals surface area contributed by atoms with E-state index < -0.39 is 0 Å². The second kappa shape index (κ2) is 4.17. The minimum atomic E-state index is -0.240. The molecule has 1 aromatic rings. The van der Waals surface area contributed by atoms with Gasteiger partial charge < -0.3 is 5.32 Å². The molecule has 1 aliphatic rings. The van der Waals surface area contributed by atoms with Gasteiger partial charge in [-0.15, -0.1) is 0 Å². The summed E-state index contributed by atoms with van der Waals surface area (Å²) in [5.74, 6) is -0.237. The van der Waals surface area contributed by atoms with Gasteiger partial charge in [-0.1, -0.05) is 12.6 Å². The minimum absolute atomic E-state index is 0.00271. The maximum absolute atomic E-state index is 13.2.